The number of nitrogens with two attached hydrogens (primary N) is 1. The van der Waals surface area contributed by atoms with Crippen LogP contribution < -0.4 is 5.73 Å². The summed E-state index contributed by atoms with van der Waals surface area (Å²) < 4.78 is 5.36. The molecule has 0 aliphatic carbocycles. The van der Waals surface area contributed by atoms with Gasteiger partial charge in [0.1, 0.15) is 5.60 Å². The first-order valence-electron chi connectivity index (χ1n) is 7.40. The van der Waals surface area contributed by atoms with E-state index in [9.17, 15) is 9.90 Å². The van der Waals surface area contributed by atoms with Crippen LogP contribution in [0.2, 0.25) is 0 Å². The lowest BCUT2D eigenvalue weighted by molar-refractivity contribution is 0.0132. The minimum atomic E-state index is -0.444. The fraction of sp³-hybridized carbons (Fsp3) is 0.929. The second-order valence-electron chi connectivity index (χ2n) is 6.33. The van der Waals surface area contributed by atoms with Crippen LogP contribution in [0.25, 0.3) is 0 Å². The molecule has 6 heteroatoms. The summed E-state index contributed by atoms with van der Waals surface area (Å²) in [4.78, 5) is 15.9. The first-order chi connectivity index (χ1) is 9.31. The summed E-state index contributed by atoms with van der Waals surface area (Å²) in [5.74, 6) is 0. The number of aliphatic hydroxyl groups excluding tert-OH is 1. The molecule has 1 atom stereocenters. The van der Waals surface area contributed by atoms with E-state index < -0.39 is 5.60 Å². The highest BCUT2D eigenvalue weighted by atomic mass is 16.6. The van der Waals surface area contributed by atoms with Gasteiger partial charge in [0.25, 0.3) is 0 Å². The van der Waals surface area contributed by atoms with Crippen molar-refractivity contribution in [3.8, 4) is 0 Å². The lowest BCUT2D eigenvalue weighted by Crippen LogP contribution is -2.50. The van der Waals surface area contributed by atoms with E-state index in [2.05, 4.69) is 4.90 Å². The van der Waals surface area contributed by atoms with Crippen molar-refractivity contribution in [2.24, 2.45) is 5.73 Å². The molecular weight excluding hydrogens is 258 g/mol. The van der Waals surface area contributed by atoms with Gasteiger partial charge in [-0.05, 0) is 40.2 Å². The highest BCUT2D eigenvalue weighted by Gasteiger charge is 2.25. The number of rotatable bonds is 5. The van der Waals surface area contributed by atoms with Gasteiger partial charge in [-0.3, -0.25) is 4.90 Å². The van der Waals surface area contributed by atoms with Crippen molar-refractivity contribution in [3.05, 3.63) is 0 Å². The Labute approximate surface area is 121 Å². The first kappa shape index (κ1) is 17.2. The summed E-state index contributed by atoms with van der Waals surface area (Å²) in [6.07, 6.45) is 0.839. The Balaban J connectivity index is 2.24. The molecule has 20 heavy (non-hydrogen) atoms. The number of nitrogens with zero attached hydrogens (tertiary/aromatic N) is 2. The molecule has 1 amide bonds. The molecule has 0 aromatic rings. The average molecular weight is 287 g/mol. The number of aliphatic hydroxyl groups is 1. The SMILES string of the molecule is CC(C)(C)OC(=O)N1CCN(CC[C@H](O)CCN)CC1. The Morgan fingerprint density at radius 1 is 1.25 bits per heavy atom. The molecule has 0 aromatic carbocycles. The van der Waals surface area contributed by atoms with E-state index in [0.717, 1.165) is 26.1 Å². The summed E-state index contributed by atoms with van der Waals surface area (Å²) in [7, 11) is 0. The number of hydrogen-bond acceptors (Lipinski definition) is 5. The van der Waals surface area contributed by atoms with Gasteiger partial charge in [0.05, 0.1) is 6.10 Å². The summed E-state index contributed by atoms with van der Waals surface area (Å²) in [6.45, 7) is 10.0. The van der Waals surface area contributed by atoms with Gasteiger partial charge < -0.3 is 20.5 Å². The standard InChI is InChI=1S/C14H29N3O3/c1-14(2,3)20-13(19)17-10-8-16(9-11-17)7-5-12(18)4-6-15/h12,18H,4-11,15H2,1-3H3/t12-/m1/s1. The van der Waals surface area contributed by atoms with Crippen LogP contribution in [-0.2, 0) is 4.74 Å². The molecule has 0 radical (unpaired) electrons. The zero-order valence-corrected chi connectivity index (χ0v) is 13.0. The molecule has 0 spiro atoms. The van der Waals surface area contributed by atoms with Gasteiger partial charge >= 0.3 is 6.09 Å². The van der Waals surface area contributed by atoms with E-state index in [0.29, 0.717) is 26.1 Å². The first-order valence-corrected chi connectivity index (χ1v) is 7.40. The summed E-state index contributed by atoms with van der Waals surface area (Å²) in [6, 6.07) is 0. The second-order valence-corrected chi connectivity index (χ2v) is 6.33. The van der Waals surface area contributed by atoms with E-state index >= 15 is 0 Å². The summed E-state index contributed by atoms with van der Waals surface area (Å²) >= 11 is 0. The monoisotopic (exact) mass is 287 g/mol. The summed E-state index contributed by atoms with van der Waals surface area (Å²) in [5, 5.41) is 9.66. The molecule has 0 bridgehead atoms. The minimum absolute atomic E-state index is 0.236. The lowest BCUT2D eigenvalue weighted by atomic mass is 10.1. The number of amides is 1. The third-order valence-electron chi connectivity index (χ3n) is 3.30. The Morgan fingerprint density at radius 3 is 2.35 bits per heavy atom. The van der Waals surface area contributed by atoms with Gasteiger partial charge in [0.15, 0.2) is 0 Å². The number of piperazine rings is 1. The zero-order chi connectivity index (χ0) is 15.2. The second kappa shape index (κ2) is 7.81. The maximum atomic E-state index is 11.9. The van der Waals surface area contributed by atoms with Gasteiger partial charge in [-0.15, -0.1) is 0 Å². The van der Waals surface area contributed by atoms with Gasteiger partial charge in [-0.1, -0.05) is 0 Å². The van der Waals surface area contributed by atoms with E-state index in [1.54, 1.807) is 4.90 Å². The van der Waals surface area contributed by atoms with Crippen molar-refractivity contribution >= 4 is 6.09 Å². The van der Waals surface area contributed by atoms with E-state index in [4.69, 9.17) is 10.5 Å². The predicted molar refractivity (Wildman–Crippen MR) is 78.5 cm³/mol. The quantitative estimate of drug-likeness (QED) is 0.776. The average Bonchev–Trinajstić information content (AvgIpc) is 2.35. The molecule has 1 aliphatic rings. The van der Waals surface area contributed by atoms with Crippen LogP contribution in [0.4, 0.5) is 4.79 Å². The molecule has 1 fully saturated rings. The van der Waals surface area contributed by atoms with Crippen LogP contribution in [-0.4, -0.2) is 72.0 Å². The van der Waals surface area contributed by atoms with Crippen LogP contribution in [0, 0.1) is 0 Å². The maximum absolute atomic E-state index is 11.9. The van der Waals surface area contributed by atoms with Crippen LogP contribution in [0.5, 0.6) is 0 Å². The largest absolute Gasteiger partial charge is 0.444 e. The Kier molecular flexibility index (Phi) is 6.71. The van der Waals surface area contributed by atoms with E-state index in [1.165, 1.54) is 0 Å². The van der Waals surface area contributed by atoms with Crippen molar-refractivity contribution < 1.29 is 14.6 Å². The number of carbonyl (C=O) groups excluding carboxylic acids is 1. The molecule has 6 nitrogen and oxygen atoms in total. The highest BCUT2D eigenvalue weighted by Crippen LogP contribution is 2.12. The molecular formula is C14H29N3O3. The normalized spacial score (nSPS) is 18.9. The third-order valence-corrected chi connectivity index (χ3v) is 3.30. The number of hydrogen-bond donors (Lipinski definition) is 2. The molecule has 1 heterocycles. The van der Waals surface area contributed by atoms with Crippen LogP contribution in [0.1, 0.15) is 33.6 Å². The molecule has 1 saturated heterocycles. The maximum Gasteiger partial charge on any atom is 0.410 e. The van der Waals surface area contributed by atoms with Crippen LogP contribution in [0.15, 0.2) is 0 Å². The van der Waals surface area contributed by atoms with Crippen molar-refractivity contribution in [3.63, 3.8) is 0 Å². The fourth-order valence-corrected chi connectivity index (χ4v) is 2.15. The van der Waals surface area contributed by atoms with Gasteiger partial charge in [0.2, 0.25) is 0 Å². The van der Waals surface area contributed by atoms with Crippen molar-refractivity contribution in [2.75, 3.05) is 39.3 Å². The topological polar surface area (TPSA) is 79.0 Å². The molecule has 1 aliphatic heterocycles. The smallest absolute Gasteiger partial charge is 0.410 e. The summed E-state index contributed by atoms with van der Waals surface area (Å²) in [5.41, 5.74) is 4.96. The van der Waals surface area contributed by atoms with Crippen molar-refractivity contribution in [1.29, 1.82) is 0 Å². The third kappa shape index (κ3) is 6.54. The highest BCUT2D eigenvalue weighted by molar-refractivity contribution is 5.68. The van der Waals surface area contributed by atoms with Gasteiger partial charge in [-0.25, -0.2) is 4.79 Å². The molecule has 118 valence electrons. The molecule has 3 N–H and O–H groups in total. The van der Waals surface area contributed by atoms with Crippen LogP contribution >= 0.6 is 0 Å². The molecule has 1 rings (SSSR count). The Bertz CT molecular complexity index is 297. The molecule has 0 aromatic heterocycles. The Morgan fingerprint density at radius 2 is 1.85 bits per heavy atom. The number of ether oxygens (including phenoxy) is 1. The van der Waals surface area contributed by atoms with Crippen molar-refractivity contribution in [2.45, 2.75) is 45.3 Å². The van der Waals surface area contributed by atoms with Crippen molar-refractivity contribution in [1.82, 2.24) is 9.80 Å². The predicted octanol–water partition coefficient (Wildman–Crippen LogP) is 0.639. The van der Waals surface area contributed by atoms with E-state index in [-0.39, 0.29) is 12.2 Å². The lowest BCUT2D eigenvalue weighted by Gasteiger charge is -2.35. The minimum Gasteiger partial charge on any atom is -0.444 e. The molecule has 0 unspecified atom stereocenters. The number of carbonyl (C=O) groups is 1. The fourth-order valence-electron chi connectivity index (χ4n) is 2.15. The van der Waals surface area contributed by atoms with Crippen LogP contribution in [0.3, 0.4) is 0 Å². The van der Waals surface area contributed by atoms with Gasteiger partial charge in [-0.2, -0.15) is 0 Å². The Hall–Kier alpha value is -0.850. The molecule has 0 saturated carbocycles. The zero-order valence-electron chi connectivity index (χ0n) is 13.0. The van der Waals surface area contributed by atoms with Gasteiger partial charge in [0, 0.05) is 32.7 Å². The van der Waals surface area contributed by atoms with E-state index in [1.807, 2.05) is 20.8 Å².